The average Bonchev–Trinajstić information content (AvgIpc) is 2.86. The van der Waals surface area contributed by atoms with Crippen LogP contribution in [0.25, 0.3) is 0 Å². The number of ketones is 1. The van der Waals surface area contributed by atoms with Gasteiger partial charge in [0.05, 0.1) is 6.42 Å². The molecule has 0 aliphatic carbocycles. The first-order chi connectivity index (χ1) is 9.24. The van der Waals surface area contributed by atoms with E-state index in [-0.39, 0.29) is 19.0 Å². The van der Waals surface area contributed by atoms with E-state index in [9.17, 15) is 4.79 Å². The molecule has 0 fully saturated rings. The van der Waals surface area contributed by atoms with Gasteiger partial charge in [-0.05, 0) is 30.7 Å². The zero-order valence-corrected chi connectivity index (χ0v) is 10.4. The Hall–Kier alpha value is -2.43. The third kappa shape index (κ3) is 2.27. The van der Waals surface area contributed by atoms with Crippen LogP contribution in [-0.4, -0.2) is 22.5 Å². The molecule has 0 unspecified atom stereocenters. The van der Waals surface area contributed by atoms with Crippen molar-refractivity contribution in [3.63, 3.8) is 0 Å². The van der Waals surface area contributed by atoms with Crippen LogP contribution in [0.15, 0.2) is 30.6 Å². The number of ether oxygens (including phenoxy) is 2. The number of hydrogen-bond donors (Lipinski definition) is 0. The first kappa shape index (κ1) is 11.6. The van der Waals surface area contributed by atoms with Crippen LogP contribution in [0, 0.1) is 6.92 Å². The predicted molar refractivity (Wildman–Crippen MR) is 67.4 cm³/mol. The van der Waals surface area contributed by atoms with E-state index in [1.807, 2.05) is 13.0 Å². The highest BCUT2D eigenvalue weighted by atomic mass is 16.7. The molecule has 0 saturated heterocycles. The molecule has 5 heteroatoms. The van der Waals surface area contributed by atoms with E-state index in [0.717, 1.165) is 5.56 Å². The quantitative estimate of drug-likeness (QED) is 0.785. The Morgan fingerprint density at radius 3 is 2.63 bits per heavy atom. The van der Waals surface area contributed by atoms with E-state index < -0.39 is 0 Å². The van der Waals surface area contributed by atoms with Crippen LogP contribution in [0.4, 0.5) is 0 Å². The maximum absolute atomic E-state index is 12.3. The summed E-state index contributed by atoms with van der Waals surface area (Å²) in [6.45, 7) is 2.08. The minimum atomic E-state index is -0.0259. The van der Waals surface area contributed by atoms with E-state index in [1.54, 1.807) is 24.5 Å². The lowest BCUT2D eigenvalue weighted by Crippen LogP contribution is -2.08. The maximum Gasteiger partial charge on any atom is 0.231 e. The SMILES string of the molecule is Cc1cc2c(cc1C(=O)Cc1ncccn1)OCO2. The van der Waals surface area contributed by atoms with Gasteiger partial charge >= 0.3 is 0 Å². The van der Waals surface area contributed by atoms with Crippen molar-refractivity contribution in [1.29, 1.82) is 0 Å². The fraction of sp³-hybridized carbons (Fsp3) is 0.214. The molecule has 96 valence electrons. The van der Waals surface area contributed by atoms with Gasteiger partial charge in [0.15, 0.2) is 17.3 Å². The molecular weight excluding hydrogens is 244 g/mol. The molecular formula is C14H12N2O3. The van der Waals surface area contributed by atoms with E-state index >= 15 is 0 Å². The molecule has 2 aromatic rings. The standard InChI is InChI=1S/C14H12N2O3/c1-9-5-12-13(19-8-18-12)6-10(9)11(17)7-14-15-3-2-4-16-14/h2-6H,7-8H2,1H3. The van der Waals surface area contributed by atoms with Gasteiger partial charge in [0.25, 0.3) is 0 Å². The summed E-state index contributed by atoms with van der Waals surface area (Å²) in [5, 5.41) is 0. The fourth-order valence-corrected chi connectivity index (χ4v) is 2.00. The molecule has 0 N–H and O–H groups in total. The Labute approximate surface area is 110 Å². The Bertz CT molecular complexity index is 626. The van der Waals surface area contributed by atoms with Crippen molar-refractivity contribution in [2.24, 2.45) is 0 Å². The van der Waals surface area contributed by atoms with Crippen LogP contribution in [0.5, 0.6) is 11.5 Å². The monoisotopic (exact) mass is 256 g/mol. The lowest BCUT2D eigenvalue weighted by Gasteiger charge is -2.06. The van der Waals surface area contributed by atoms with Gasteiger partial charge in [-0.1, -0.05) is 0 Å². The lowest BCUT2D eigenvalue weighted by atomic mass is 10.0. The molecule has 0 saturated carbocycles. The second-order valence-corrected chi connectivity index (χ2v) is 4.29. The van der Waals surface area contributed by atoms with Gasteiger partial charge in [-0.25, -0.2) is 9.97 Å². The molecule has 1 aliphatic heterocycles. The zero-order chi connectivity index (χ0) is 13.2. The molecule has 1 aromatic carbocycles. The summed E-state index contributed by atoms with van der Waals surface area (Å²) in [7, 11) is 0. The first-order valence-electron chi connectivity index (χ1n) is 5.93. The van der Waals surface area contributed by atoms with Gasteiger partial charge in [-0.2, -0.15) is 0 Å². The van der Waals surface area contributed by atoms with Gasteiger partial charge in [0, 0.05) is 18.0 Å². The van der Waals surface area contributed by atoms with Crippen molar-refractivity contribution < 1.29 is 14.3 Å². The number of fused-ring (bicyclic) bond motifs is 1. The molecule has 19 heavy (non-hydrogen) atoms. The summed E-state index contributed by atoms with van der Waals surface area (Å²) >= 11 is 0. The third-order valence-electron chi connectivity index (χ3n) is 2.96. The van der Waals surface area contributed by atoms with Gasteiger partial charge < -0.3 is 9.47 Å². The third-order valence-corrected chi connectivity index (χ3v) is 2.96. The highest BCUT2D eigenvalue weighted by molar-refractivity contribution is 5.99. The van der Waals surface area contributed by atoms with Crippen LogP contribution in [-0.2, 0) is 6.42 Å². The van der Waals surface area contributed by atoms with Crippen molar-refractivity contribution >= 4 is 5.78 Å². The molecule has 0 radical (unpaired) electrons. The number of benzene rings is 1. The summed E-state index contributed by atoms with van der Waals surface area (Å²) < 4.78 is 10.6. The zero-order valence-electron chi connectivity index (χ0n) is 10.4. The Balaban J connectivity index is 1.88. The van der Waals surface area contributed by atoms with Gasteiger partial charge in [-0.15, -0.1) is 0 Å². The predicted octanol–water partition coefficient (Wildman–Crippen LogP) is 1.94. The molecule has 0 spiro atoms. The van der Waals surface area contributed by atoms with E-state index in [4.69, 9.17) is 9.47 Å². The van der Waals surface area contributed by atoms with E-state index in [0.29, 0.717) is 22.9 Å². The second kappa shape index (κ2) is 4.68. The summed E-state index contributed by atoms with van der Waals surface area (Å²) in [6.07, 6.45) is 3.44. The number of aromatic nitrogens is 2. The van der Waals surface area contributed by atoms with Gasteiger partial charge in [0.2, 0.25) is 6.79 Å². The van der Waals surface area contributed by atoms with Crippen LogP contribution >= 0.6 is 0 Å². The topological polar surface area (TPSA) is 61.3 Å². The number of Topliss-reactive ketones (excluding diaryl/α,β-unsaturated/α-hetero) is 1. The van der Waals surface area contributed by atoms with Crippen molar-refractivity contribution in [2.75, 3.05) is 6.79 Å². The molecule has 5 nitrogen and oxygen atoms in total. The van der Waals surface area contributed by atoms with Gasteiger partial charge in [0.1, 0.15) is 5.82 Å². The van der Waals surface area contributed by atoms with Crippen molar-refractivity contribution in [1.82, 2.24) is 9.97 Å². The lowest BCUT2D eigenvalue weighted by molar-refractivity contribution is 0.0989. The van der Waals surface area contributed by atoms with Crippen molar-refractivity contribution in [3.8, 4) is 11.5 Å². The Kier molecular flexibility index (Phi) is 2.87. The van der Waals surface area contributed by atoms with E-state index in [1.165, 1.54) is 0 Å². The second-order valence-electron chi connectivity index (χ2n) is 4.29. The molecule has 3 rings (SSSR count). The van der Waals surface area contributed by atoms with Crippen molar-refractivity contribution in [3.05, 3.63) is 47.5 Å². The average molecular weight is 256 g/mol. The summed E-state index contributed by atoms with van der Waals surface area (Å²) in [5.74, 6) is 1.79. The molecule has 1 aromatic heterocycles. The van der Waals surface area contributed by atoms with Crippen LogP contribution in [0.1, 0.15) is 21.7 Å². The molecule has 1 aliphatic rings. The van der Waals surface area contributed by atoms with E-state index in [2.05, 4.69) is 9.97 Å². The first-order valence-corrected chi connectivity index (χ1v) is 5.93. The summed E-state index contributed by atoms with van der Waals surface area (Å²) in [6, 6.07) is 5.27. The summed E-state index contributed by atoms with van der Waals surface area (Å²) in [5.41, 5.74) is 1.49. The fourth-order valence-electron chi connectivity index (χ4n) is 2.00. The summed E-state index contributed by atoms with van der Waals surface area (Å²) in [4.78, 5) is 20.4. The molecule has 0 bridgehead atoms. The minimum Gasteiger partial charge on any atom is -0.454 e. The minimum absolute atomic E-state index is 0.0259. The number of carbonyl (C=O) groups excluding carboxylic acids is 1. The number of rotatable bonds is 3. The molecule has 0 amide bonds. The highest BCUT2D eigenvalue weighted by Crippen LogP contribution is 2.34. The van der Waals surface area contributed by atoms with Crippen LogP contribution in [0.2, 0.25) is 0 Å². The number of nitrogens with zero attached hydrogens (tertiary/aromatic N) is 2. The van der Waals surface area contributed by atoms with Crippen molar-refractivity contribution in [2.45, 2.75) is 13.3 Å². The van der Waals surface area contributed by atoms with Gasteiger partial charge in [-0.3, -0.25) is 4.79 Å². The number of aryl methyl sites for hydroxylation is 1. The Morgan fingerprint density at radius 2 is 1.89 bits per heavy atom. The number of hydrogen-bond acceptors (Lipinski definition) is 5. The normalized spacial score (nSPS) is 12.5. The molecule has 0 atom stereocenters. The molecule has 2 heterocycles. The highest BCUT2D eigenvalue weighted by Gasteiger charge is 2.19. The number of carbonyl (C=O) groups is 1. The van der Waals surface area contributed by atoms with Crippen LogP contribution < -0.4 is 9.47 Å². The maximum atomic E-state index is 12.3. The van der Waals surface area contributed by atoms with Crippen LogP contribution in [0.3, 0.4) is 0 Å². The smallest absolute Gasteiger partial charge is 0.231 e. The largest absolute Gasteiger partial charge is 0.454 e. The Morgan fingerprint density at radius 1 is 1.21 bits per heavy atom.